The first-order chi connectivity index (χ1) is 8.75. The Labute approximate surface area is 111 Å². The Kier molecular flexibility index (Phi) is 3.30. The topological polar surface area (TPSA) is 54.4 Å². The highest BCUT2D eigenvalue weighted by Gasteiger charge is 2.99. The standard InChI is InChI=1S/C8H7F9O3S/c1-3(2)4(9,10)6(13,14)7(15,16)8(17,5(3,11)12)21(18,19)20/h1-2H3,(H,18,19,20). The molecular weight excluding hydrogens is 347 g/mol. The molecule has 1 aliphatic rings. The van der Waals surface area contributed by atoms with Gasteiger partial charge in [0, 0.05) is 0 Å². The number of halogens is 9. The predicted molar refractivity (Wildman–Crippen MR) is 49.0 cm³/mol. The molecule has 0 heterocycles. The van der Waals surface area contributed by atoms with Crippen LogP contribution >= 0.6 is 0 Å². The Bertz CT molecular complexity index is 536. The van der Waals surface area contributed by atoms with E-state index < -0.39 is 58.1 Å². The third-order valence-corrected chi connectivity index (χ3v) is 4.75. The van der Waals surface area contributed by atoms with Gasteiger partial charge in [0.1, 0.15) is 5.41 Å². The Morgan fingerprint density at radius 2 is 1.00 bits per heavy atom. The molecule has 1 atom stereocenters. The van der Waals surface area contributed by atoms with Crippen LogP contribution in [-0.4, -0.2) is 41.7 Å². The van der Waals surface area contributed by atoms with Crippen molar-refractivity contribution in [1.29, 1.82) is 0 Å². The lowest BCUT2D eigenvalue weighted by Gasteiger charge is -2.55. The minimum atomic E-state index is -7.21. The van der Waals surface area contributed by atoms with Gasteiger partial charge < -0.3 is 0 Å². The van der Waals surface area contributed by atoms with E-state index in [0.29, 0.717) is 0 Å². The normalized spacial score (nSPS) is 36.2. The lowest BCUT2D eigenvalue weighted by atomic mass is 9.66. The van der Waals surface area contributed by atoms with Crippen molar-refractivity contribution in [2.24, 2.45) is 5.41 Å². The highest BCUT2D eigenvalue weighted by atomic mass is 32.2. The van der Waals surface area contributed by atoms with Crippen molar-refractivity contribution in [1.82, 2.24) is 0 Å². The van der Waals surface area contributed by atoms with Crippen LogP contribution in [0, 0.1) is 5.41 Å². The second-order valence-corrected chi connectivity index (χ2v) is 6.51. The molecule has 0 aromatic carbocycles. The molecule has 0 aliphatic heterocycles. The fourth-order valence-corrected chi connectivity index (χ4v) is 2.94. The van der Waals surface area contributed by atoms with Gasteiger partial charge >= 0.3 is 38.8 Å². The zero-order valence-electron chi connectivity index (χ0n) is 10.1. The summed E-state index contributed by atoms with van der Waals surface area (Å²) in [5.41, 5.74) is -4.56. The number of hydrogen-bond donors (Lipinski definition) is 1. The molecular formula is C8H7F9O3S. The third-order valence-electron chi connectivity index (χ3n) is 3.52. The monoisotopic (exact) mass is 354 g/mol. The molecule has 0 bridgehead atoms. The van der Waals surface area contributed by atoms with Crippen molar-refractivity contribution >= 4 is 10.1 Å². The summed E-state index contributed by atoms with van der Waals surface area (Å²) in [4.78, 5) is 0. The zero-order valence-corrected chi connectivity index (χ0v) is 10.9. The van der Waals surface area contributed by atoms with Gasteiger partial charge in [-0.15, -0.1) is 0 Å². The summed E-state index contributed by atoms with van der Waals surface area (Å²) in [6, 6.07) is 0. The zero-order chi connectivity index (χ0) is 17.5. The fraction of sp³-hybridized carbons (Fsp3) is 1.00. The third kappa shape index (κ3) is 1.48. The first kappa shape index (κ1) is 18.3. The molecule has 0 amide bonds. The largest absolute Gasteiger partial charge is 0.377 e. The van der Waals surface area contributed by atoms with Crippen LogP contribution in [0.25, 0.3) is 0 Å². The smallest absolute Gasteiger partial charge is 0.283 e. The average molecular weight is 354 g/mol. The van der Waals surface area contributed by atoms with Crippen LogP contribution < -0.4 is 0 Å². The quantitative estimate of drug-likeness (QED) is 0.582. The van der Waals surface area contributed by atoms with E-state index in [9.17, 15) is 47.9 Å². The summed E-state index contributed by atoms with van der Waals surface area (Å²) in [6.07, 6.45) is 0. The number of alkyl halides is 9. The van der Waals surface area contributed by atoms with Crippen molar-refractivity contribution in [3.05, 3.63) is 0 Å². The number of hydrogen-bond acceptors (Lipinski definition) is 2. The maximum absolute atomic E-state index is 13.8. The summed E-state index contributed by atoms with van der Waals surface area (Å²) in [5.74, 6) is -26.3. The summed E-state index contributed by atoms with van der Waals surface area (Å²) >= 11 is 0. The van der Waals surface area contributed by atoms with Crippen molar-refractivity contribution in [3.8, 4) is 0 Å². The van der Waals surface area contributed by atoms with Crippen molar-refractivity contribution in [3.63, 3.8) is 0 Å². The molecule has 0 aromatic heterocycles. The van der Waals surface area contributed by atoms with Crippen LogP contribution in [-0.2, 0) is 10.1 Å². The molecule has 1 fully saturated rings. The van der Waals surface area contributed by atoms with Crippen LogP contribution in [0.15, 0.2) is 0 Å². The van der Waals surface area contributed by atoms with Crippen LogP contribution in [0.2, 0.25) is 0 Å². The lowest BCUT2D eigenvalue weighted by molar-refractivity contribution is -0.441. The first-order valence-electron chi connectivity index (χ1n) is 4.92. The molecule has 126 valence electrons. The Morgan fingerprint density at radius 3 is 1.29 bits per heavy atom. The molecule has 0 aromatic rings. The van der Waals surface area contributed by atoms with Gasteiger partial charge in [0.25, 0.3) is 0 Å². The van der Waals surface area contributed by atoms with Gasteiger partial charge in [-0.2, -0.15) is 34.8 Å². The summed E-state index contributed by atoms with van der Waals surface area (Å²) < 4.78 is 150. The molecule has 1 N–H and O–H groups in total. The van der Waals surface area contributed by atoms with E-state index in [-0.39, 0.29) is 0 Å². The molecule has 21 heavy (non-hydrogen) atoms. The first-order valence-corrected chi connectivity index (χ1v) is 6.36. The Balaban J connectivity index is 4.02. The van der Waals surface area contributed by atoms with Gasteiger partial charge in [-0.25, -0.2) is 13.2 Å². The molecule has 13 heteroatoms. The molecule has 1 unspecified atom stereocenters. The second kappa shape index (κ2) is 3.78. The lowest BCUT2D eigenvalue weighted by Crippen LogP contribution is -2.83. The molecule has 1 rings (SSSR count). The average Bonchev–Trinajstić information content (AvgIpc) is 2.23. The molecule has 0 saturated heterocycles. The van der Waals surface area contributed by atoms with Crippen LogP contribution in [0.4, 0.5) is 39.5 Å². The molecule has 0 spiro atoms. The number of rotatable bonds is 1. The van der Waals surface area contributed by atoms with E-state index in [1.165, 1.54) is 0 Å². The molecule has 1 aliphatic carbocycles. The Hall–Kier alpha value is -0.720. The van der Waals surface area contributed by atoms with E-state index in [1.807, 2.05) is 0 Å². The van der Waals surface area contributed by atoms with E-state index in [2.05, 4.69) is 0 Å². The summed E-state index contributed by atoms with van der Waals surface area (Å²) in [5, 5.41) is -6.64. The second-order valence-electron chi connectivity index (χ2n) is 4.99. The van der Waals surface area contributed by atoms with Gasteiger partial charge in [0.15, 0.2) is 0 Å². The molecule has 0 radical (unpaired) electrons. The predicted octanol–water partition coefficient (Wildman–Crippen LogP) is 3.12. The van der Waals surface area contributed by atoms with Gasteiger partial charge in [0.05, 0.1) is 0 Å². The van der Waals surface area contributed by atoms with Crippen LogP contribution in [0.3, 0.4) is 0 Å². The van der Waals surface area contributed by atoms with Gasteiger partial charge in [0.2, 0.25) is 0 Å². The van der Waals surface area contributed by atoms with E-state index in [0.717, 1.165) is 0 Å². The summed E-state index contributed by atoms with van der Waals surface area (Å²) in [7, 11) is -7.21. The van der Waals surface area contributed by atoms with Crippen molar-refractivity contribution < 1.29 is 52.5 Å². The van der Waals surface area contributed by atoms with E-state index in [1.54, 1.807) is 0 Å². The van der Waals surface area contributed by atoms with Gasteiger partial charge in [-0.1, -0.05) is 0 Å². The highest BCUT2D eigenvalue weighted by molar-refractivity contribution is 7.87. The molecule has 3 nitrogen and oxygen atoms in total. The van der Waals surface area contributed by atoms with Crippen molar-refractivity contribution in [2.45, 2.75) is 42.5 Å². The van der Waals surface area contributed by atoms with E-state index >= 15 is 0 Å². The summed E-state index contributed by atoms with van der Waals surface area (Å²) in [6.45, 7) is -0.842. The van der Waals surface area contributed by atoms with Gasteiger partial charge in [-0.05, 0) is 13.8 Å². The van der Waals surface area contributed by atoms with Crippen molar-refractivity contribution in [2.75, 3.05) is 0 Å². The van der Waals surface area contributed by atoms with Gasteiger partial charge in [-0.3, -0.25) is 4.55 Å². The van der Waals surface area contributed by atoms with E-state index in [4.69, 9.17) is 4.55 Å². The fourth-order valence-electron chi connectivity index (χ4n) is 1.91. The van der Waals surface area contributed by atoms with Crippen LogP contribution in [0.5, 0.6) is 0 Å². The highest BCUT2D eigenvalue weighted by Crippen LogP contribution is 2.71. The minimum Gasteiger partial charge on any atom is -0.283 e. The van der Waals surface area contributed by atoms with Crippen LogP contribution in [0.1, 0.15) is 13.8 Å². The minimum absolute atomic E-state index is 0.421. The SMILES string of the molecule is CC1(C)C(F)(F)C(F)(F)C(F)(F)C(F)(S(=O)(=O)O)C1(F)F. The Morgan fingerprint density at radius 1 is 0.667 bits per heavy atom. The molecule has 1 saturated carbocycles. The maximum atomic E-state index is 13.8. The maximum Gasteiger partial charge on any atom is 0.377 e.